The van der Waals surface area contributed by atoms with Crippen molar-refractivity contribution in [1.82, 2.24) is 20.7 Å². The van der Waals surface area contributed by atoms with Crippen LogP contribution in [-0.4, -0.2) is 74.9 Å². The Labute approximate surface area is 183 Å². The number of unbranched alkanes of at least 4 members (excludes halogenated alkanes) is 1. The number of hydrogen-bond acceptors (Lipinski definition) is 6. The number of nitrogens with zero attached hydrogens (tertiary/aromatic N) is 2. The maximum atomic E-state index is 12.3. The molecule has 1 aromatic rings. The molecule has 12 heteroatoms. The number of nitrogens with one attached hydrogen (secondary N) is 2. The maximum Gasteiger partial charge on any atom is 0.334 e. The van der Waals surface area contributed by atoms with Crippen LogP contribution in [0.3, 0.4) is 0 Å². The number of hydrazine groups is 1. The van der Waals surface area contributed by atoms with E-state index in [4.69, 9.17) is 10.2 Å². The summed E-state index contributed by atoms with van der Waals surface area (Å²) in [5, 5.41) is 20.8. The van der Waals surface area contributed by atoms with Crippen LogP contribution < -0.4 is 10.7 Å². The number of carbonyl (C=O) groups is 6. The van der Waals surface area contributed by atoms with Crippen LogP contribution in [0, 0.1) is 0 Å². The molecular weight excluding hydrogens is 424 g/mol. The fourth-order valence-electron chi connectivity index (χ4n) is 3.11. The van der Waals surface area contributed by atoms with Gasteiger partial charge in [-0.15, -0.1) is 0 Å². The van der Waals surface area contributed by atoms with Crippen LogP contribution in [0.4, 0.5) is 4.79 Å². The van der Waals surface area contributed by atoms with E-state index in [2.05, 4.69) is 10.7 Å². The quantitative estimate of drug-likeness (QED) is 0.227. The molecule has 0 unspecified atom stereocenters. The molecule has 1 aromatic carbocycles. The van der Waals surface area contributed by atoms with Gasteiger partial charge < -0.3 is 15.5 Å². The fraction of sp³-hybridized carbons (Fsp3) is 0.400. The minimum Gasteiger partial charge on any atom is -0.481 e. The molecule has 1 aliphatic heterocycles. The topological polar surface area (TPSA) is 173 Å². The third kappa shape index (κ3) is 6.27. The summed E-state index contributed by atoms with van der Waals surface area (Å²) in [5.74, 6) is -3.89. The molecule has 0 fully saturated rings. The van der Waals surface area contributed by atoms with Crippen LogP contribution in [0.15, 0.2) is 24.3 Å². The summed E-state index contributed by atoms with van der Waals surface area (Å²) >= 11 is 0. The SMILES string of the molecule is CC(=O)N(CCCCN1C(=O)c2ccccc2C1=O)NC(=O)N[C@@H](CCC(=O)O)C(=O)O. The third-order valence-electron chi connectivity index (χ3n) is 4.76. The largest absolute Gasteiger partial charge is 0.481 e. The van der Waals surface area contributed by atoms with Gasteiger partial charge >= 0.3 is 18.0 Å². The van der Waals surface area contributed by atoms with Crippen LogP contribution in [0.2, 0.25) is 0 Å². The number of fused-ring (bicyclic) bond motifs is 1. The summed E-state index contributed by atoms with van der Waals surface area (Å²) in [5.41, 5.74) is 2.91. The number of carbonyl (C=O) groups excluding carboxylic acids is 4. The van der Waals surface area contributed by atoms with Gasteiger partial charge in [0.25, 0.3) is 11.8 Å². The Hall–Kier alpha value is -3.96. The Morgan fingerprint density at radius 1 is 1.03 bits per heavy atom. The monoisotopic (exact) mass is 448 g/mol. The average Bonchev–Trinajstić information content (AvgIpc) is 2.97. The van der Waals surface area contributed by atoms with Gasteiger partial charge in [-0.1, -0.05) is 12.1 Å². The zero-order valence-corrected chi connectivity index (χ0v) is 17.4. The molecule has 1 atom stereocenters. The minimum absolute atomic E-state index is 0.0544. The van der Waals surface area contributed by atoms with Crippen molar-refractivity contribution < 1.29 is 39.0 Å². The number of aliphatic carboxylic acids is 2. The fourth-order valence-corrected chi connectivity index (χ4v) is 3.11. The lowest BCUT2D eigenvalue weighted by atomic mass is 10.1. The second-order valence-corrected chi connectivity index (χ2v) is 7.09. The summed E-state index contributed by atoms with van der Waals surface area (Å²) in [6.07, 6.45) is -0.0620. The van der Waals surface area contributed by atoms with E-state index in [1.807, 2.05) is 0 Å². The van der Waals surface area contributed by atoms with Crippen molar-refractivity contribution in [3.8, 4) is 0 Å². The number of benzene rings is 1. The second-order valence-electron chi connectivity index (χ2n) is 7.09. The first-order valence-corrected chi connectivity index (χ1v) is 9.87. The van der Waals surface area contributed by atoms with E-state index in [1.54, 1.807) is 24.3 Å². The molecule has 0 saturated heterocycles. The summed E-state index contributed by atoms with van der Waals surface area (Å²) in [6.45, 7) is 1.39. The molecule has 1 heterocycles. The highest BCUT2D eigenvalue weighted by atomic mass is 16.4. The van der Waals surface area contributed by atoms with Crippen molar-refractivity contribution in [1.29, 1.82) is 0 Å². The Morgan fingerprint density at radius 2 is 1.62 bits per heavy atom. The average molecular weight is 448 g/mol. The highest BCUT2D eigenvalue weighted by Crippen LogP contribution is 2.22. The maximum absolute atomic E-state index is 12.3. The van der Waals surface area contributed by atoms with Crippen LogP contribution in [0.5, 0.6) is 0 Å². The van der Waals surface area contributed by atoms with Gasteiger partial charge in [0, 0.05) is 26.4 Å². The number of amides is 5. The van der Waals surface area contributed by atoms with Gasteiger partial charge in [0.1, 0.15) is 6.04 Å². The lowest BCUT2D eigenvalue weighted by molar-refractivity contribution is -0.140. The Balaban J connectivity index is 1.82. The molecular formula is C20H24N4O8. The Kier molecular flexibility index (Phi) is 8.27. The predicted octanol–water partition coefficient (Wildman–Crippen LogP) is 0.444. The van der Waals surface area contributed by atoms with Crippen LogP contribution in [0.25, 0.3) is 0 Å². The van der Waals surface area contributed by atoms with Gasteiger partial charge in [-0.2, -0.15) is 0 Å². The van der Waals surface area contributed by atoms with E-state index >= 15 is 0 Å². The van der Waals surface area contributed by atoms with Gasteiger partial charge in [0.05, 0.1) is 11.1 Å². The molecule has 172 valence electrons. The van der Waals surface area contributed by atoms with Crippen LogP contribution in [-0.2, 0) is 14.4 Å². The molecule has 12 nitrogen and oxygen atoms in total. The lowest BCUT2D eigenvalue weighted by Crippen LogP contribution is -2.53. The third-order valence-corrected chi connectivity index (χ3v) is 4.76. The van der Waals surface area contributed by atoms with E-state index in [0.717, 1.165) is 9.91 Å². The molecule has 2 rings (SSSR count). The van der Waals surface area contributed by atoms with E-state index < -0.39 is 36.3 Å². The highest BCUT2D eigenvalue weighted by molar-refractivity contribution is 6.21. The number of hydrogen-bond donors (Lipinski definition) is 4. The van der Waals surface area contributed by atoms with Crippen molar-refractivity contribution in [2.75, 3.05) is 13.1 Å². The van der Waals surface area contributed by atoms with E-state index in [0.29, 0.717) is 24.0 Å². The molecule has 1 aliphatic rings. The predicted molar refractivity (Wildman–Crippen MR) is 108 cm³/mol. The number of urea groups is 1. The zero-order chi connectivity index (χ0) is 23.8. The minimum atomic E-state index is -1.44. The second kappa shape index (κ2) is 10.9. The van der Waals surface area contributed by atoms with Crippen LogP contribution >= 0.6 is 0 Å². The lowest BCUT2D eigenvalue weighted by Gasteiger charge is -2.23. The number of rotatable bonds is 10. The molecule has 4 N–H and O–H groups in total. The van der Waals surface area contributed by atoms with E-state index in [9.17, 15) is 28.8 Å². The summed E-state index contributed by atoms with van der Waals surface area (Å²) in [7, 11) is 0. The number of imide groups is 1. The van der Waals surface area contributed by atoms with E-state index in [-0.39, 0.29) is 31.3 Å². The summed E-state index contributed by atoms with van der Waals surface area (Å²) < 4.78 is 0. The van der Waals surface area contributed by atoms with Crippen molar-refractivity contribution in [3.63, 3.8) is 0 Å². The molecule has 0 radical (unpaired) electrons. The first-order valence-electron chi connectivity index (χ1n) is 9.87. The molecule has 5 amide bonds. The Bertz CT molecular complexity index is 897. The molecule has 32 heavy (non-hydrogen) atoms. The Morgan fingerprint density at radius 3 is 2.12 bits per heavy atom. The van der Waals surface area contributed by atoms with Crippen molar-refractivity contribution in [3.05, 3.63) is 35.4 Å². The van der Waals surface area contributed by atoms with Crippen molar-refractivity contribution in [2.24, 2.45) is 0 Å². The van der Waals surface area contributed by atoms with Gasteiger partial charge in [-0.05, 0) is 31.4 Å². The molecule has 0 spiro atoms. The summed E-state index contributed by atoms with van der Waals surface area (Å²) in [4.78, 5) is 71.4. The van der Waals surface area contributed by atoms with E-state index in [1.165, 1.54) is 6.92 Å². The molecule has 0 aliphatic carbocycles. The van der Waals surface area contributed by atoms with Gasteiger partial charge in [-0.3, -0.25) is 29.1 Å². The molecule has 0 aromatic heterocycles. The molecule has 0 saturated carbocycles. The number of carboxylic acid groups (broad SMARTS) is 2. The highest BCUT2D eigenvalue weighted by Gasteiger charge is 2.34. The van der Waals surface area contributed by atoms with Crippen molar-refractivity contribution >= 4 is 35.7 Å². The molecule has 0 bridgehead atoms. The van der Waals surface area contributed by atoms with Crippen LogP contribution in [0.1, 0.15) is 53.3 Å². The first kappa shape index (κ1) is 24.3. The van der Waals surface area contributed by atoms with Crippen molar-refractivity contribution in [2.45, 2.75) is 38.6 Å². The zero-order valence-electron chi connectivity index (χ0n) is 17.4. The normalized spacial score (nSPS) is 13.3. The smallest absolute Gasteiger partial charge is 0.334 e. The van der Waals surface area contributed by atoms with Gasteiger partial charge in [-0.25, -0.2) is 15.0 Å². The van der Waals surface area contributed by atoms with Gasteiger partial charge in [0.2, 0.25) is 5.91 Å². The first-order chi connectivity index (χ1) is 15.1. The number of carboxylic acids is 2. The van der Waals surface area contributed by atoms with Gasteiger partial charge in [0.15, 0.2) is 0 Å². The summed E-state index contributed by atoms with van der Waals surface area (Å²) in [6, 6.07) is 4.09. The standard InChI is InChI=1S/C20H24N4O8/c1-12(25)24(22-20(32)21-15(19(30)31)8-9-16(26)27)11-5-4-10-23-17(28)13-6-2-3-7-14(13)18(23)29/h2-3,6-7,15H,4-5,8-11H2,1H3,(H,26,27)(H,30,31)(H2,21,22,32)/t15-/m0/s1.